The molecule has 1 aromatic heterocycles. The van der Waals surface area contributed by atoms with Crippen molar-refractivity contribution in [3.8, 4) is 5.69 Å². The molecule has 2 fully saturated rings. The molecule has 29 heavy (non-hydrogen) atoms. The number of halogens is 1. The summed E-state index contributed by atoms with van der Waals surface area (Å²) in [6, 6.07) is 8.02. The zero-order valence-electron chi connectivity index (χ0n) is 16.2. The van der Waals surface area contributed by atoms with Crippen molar-refractivity contribution in [3.63, 3.8) is 0 Å². The van der Waals surface area contributed by atoms with Crippen LogP contribution in [0.1, 0.15) is 34.6 Å². The van der Waals surface area contributed by atoms with Gasteiger partial charge < -0.3 is 14.2 Å². The molecule has 1 amide bonds. The Bertz CT molecular complexity index is 1020. The molecule has 0 bridgehead atoms. The van der Waals surface area contributed by atoms with Gasteiger partial charge in [0.1, 0.15) is 5.82 Å². The number of hydrogen-bond donors (Lipinski definition) is 0. The van der Waals surface area contributed by atoms with Gasteiger partial charge in [-0.25, -0.2) is 9.18 Å². The molecular weight excluding hydrogens is 395 g/mol. The average molecular weight is 416 g/mol. The maximum atomic E-state index is 14.2. The third-order valence-electron chi connectivity index (χ3n) is 5.55. The number of aryl methyl sites for hydroxylation is 1. The van der Waals surface area contributed by atoms with Gasteiger partial charge in [0, 0.05) is 35.7 Å². The predicted molar refractivity (Wildman–Crippen MR) is 107 cm³/mol. The Morgan fingerprint density at radius 3 is 2.79 bits per heavy atom. The predicted octanol–water partition coefficient (Wildman–Crippen LogP) is 3.02. The molecule has 8 heteroatoms. The Balaban J connectivity index is 1.51. The third-order valence-corrected chi connectivity index (χ3v) is 7.00. The lowest BCUT2D eigenvalue weighted by Crippen LogP contribution is -2.46. The first-order chi connectivity index (χ1) is 13.8. The highest BCUT2D eigenvalue weighted by atomic mass is 32.2. The van der Waals surface area contributed by atoms with Gasteiger partial charge in [0.15, 0.2) is 11.5 Å². The molecule has 0 N–H and O–H groups in total. The van der Waals surface area contributed by atoms with E-state index in [1.807, 2.05) is 0 Å². The highest BCUT2D eigenvalue weighted by Crippen LogP contribution is 2.45. The number of aromatic nitrogens is 1. The van der Waals surface area contributed by atoms with E-state index >= 15 is 0 Å². The number of amides is 1. The second-order valence-corrected chi connectivity index (χ2v) is 8.62. The van der Waals surface area contributed by atoms with Gasteiger partial charge in [0.25, 0.3) is 0 Å². The molecular formula is C21H21FN2O4S. The van der Waals surface area contributed by atoms with Crippen LogP contribution in [-0.4, -0.2) is 50.9 Å². The first-order valence-electron chi connectivity index (χ1n) is 9.44. The van der Waals surface area contributed by atoms with E-state index in [0.29, 0.717) is 47.8 Å². The van der Waals surface area contributed by atoms with E-state index < -0.39 is 17.4 Å². The van der Waals surface area contributed by atoms with E-state index in [1.54, 1.807) is 47.6 Å². The van der Waals surface area contributed by atoms with Crippen molar-refractivity contribution >= 4 is 29.4 Å². The van der Waals surface area contributed by atoms with Crippen molar-refractivity contribution in [3.05, 3.63) is 53.1 Å². The van der Waals surface area contributed by atoms with Crippen molar-refractivity contribution in [1.82, 2.24) is 9.47 Å². The molecule has 0 saturated carbocycles. The Morgan fingerprint density at radius 2 is 2.03 bits per heavy atom. The number of benzene rings is 1. The van der Waals surface area contributed by atoms with E-state index in [0.717, 1.165) is 0 Å². The van der Waals surface area contributed by atoms with Gasteiger partial charge in [-0.2, -0.15) is 0 Å². The molecule has 0 spiro atoms. The van der Waals surface area contributed by atoms with E-state index in [9.17, 15) is 18.8 Å². The van der Waals surface area contributed by atoms with Crippen LogP contribution in [0.4, 0.5) is 4.39 Å². The van der Waals surface area contributed by atoms with Crippen LogP contribution in [-0.2, 0) is 14.3 Å². The number of ether oxygens (including phenoxy) is 1. The second-order valence-electron chi connectivity index (χ2n) is 7.25. The van der Waals surface area contributed by atoms with Crippen LogP contribution in [0.15, 0.2) is 30.3 Å². The minimum Gasteiger partial charge on any atom is -0.455 e. The molecule has 3 heterocycles. The molecule has 0 unspecified atom stereocenters. The number of Topliss-reactive ketones (excluding diaryl/α,β-unsaturated/α-hetero) is 1. The molecule has 0 radical (unpaired) electrons. The molecule has 2 aliphatic rings. The lowest BCUT2D eigenvalue weighted by atomic mass is 10.1. The van der Waals surface area contributed by atoms with Gasteiger partial charge in [-0.3, -0.25) is 9.59 Å². The van der Waals surface area contributed by atoms with Gasteiger partial charge in [0.2, 0.25) is 11.7 Å². The Labute approximate surface area is 172 Å². The van der Waals surface area contributed by atoms with Crippen molar-refractivity contribution in [2.75, 3.05) is 18.9 Å². The molecule has 2 aromatic rings. The van der Waals surface area contributed by atoms with Crippen molar-refractivity contribution < 1.29 is 23.5 Å². The number of hydrogen-bond acceptors (Lipinski definition) is 5. The summed E-state index contributed by atoms with van der Waals surface area (Å²) in [6.45, 7) is 3.64. The first-order valence-corrected chi connectivity index (χ1v) is 10.4. The Hall–Kier alpha value is -2.61. The fraction of sp³-hybridized carbons (Fsp3) is 0.381. The van der Waals surface area contributed by atoms with E-state index in [2.05, 4.69) is 0 Å². The van der Waals surface area contributed by atoms with E-state index in [1.165, 1.54) is 17.8 Å². The van der Waals surface area contributed by atoms with Gasteiger partial charge in [-0.15, -0.1) is 11.8 Å². The molecule has 2 saturated heterocycles. The lowest BCUT2D eigenvalue weighted by Gasteiger charge is -2.28. The summed E-state index contributed by atoms with van der Waals surface area (Å²) in [7, 11) is 0. The quantitative estimate of drug-likeness (QED) is 0.554. The Morgan fingerprint density at radius 1 is 1.28 bits per heavy atom. The van der Waals surface area contributed by atoms with Gasteiger partial charge in [-0.05, 0) is 38.5 Å². The highest BCUT2D eigenvalue weighted by Gasteiger charge is 2.56. The van der Waals surface area contributed by atoms with Crippen LogP contribution in [0.25, 0.3) is 5.69 Å². The summed E-state index contributed by atoms with van der Waals surface area (Å²) in [5.41, 5.74) is 2.04. The minimum atomic E-state index is -0.985. The monoisotopic (exact) mass is 416 g/mol. The van der Waals surface area contributed by atoms with Crippen LogP contribution in [0.3, 0.4) is 0 Å². The number of esters is 1. The Kier molecular flexibility index (Phi) is 4.98. The lowest BCUT2D eigenvalue weighted by molar-refractivity contribution is -0.152. The summed E-state index contributed by atoms with van der Waals surface area (Å²) in [4.78, 5) is 38.0. The molecule has 6 nitrogen and oxygen atoms in total. The third kappa shape index (κ3) is 3.15. The second kappa shape index (κ2) is 7.33. The summed E-state index contributed by atoms with van der Waals surface area (Å²) in [5, 5.41) is 0. The summed E-state index contributed by atoms with van der Waals surface area (Å²) in [5.74, 6) is -0.653. The highest BCUT2D eigenvalue weighted by molar-refractivity contribution is 8.01. The first kappa shape index (κ1) is 19.7. The smallest absolute Gasteiger partial charge is 0.343 e. The van der Waals surface area contributed by atoms with Crippen molar-refractivity contribution in [1.29, 1.82) is 0 Å². The number of thioether (sulfide) groups is 1. The minimum absolute atomic E-state index is 0.0493. The zero-order valence-corrected chi connectivity index (χ0v) is 17.1. The number of ketones is 1. The summed E-state index contributed by atoms with van der Waals surface area (Å²) in [6.07, 6.45) is 0.727. The van der Waals surface area contributed by atoms with Crippen molar-refractivity contribution in [2.24, 2.45) is 0 Å². The van der Waals surface area contributed by atoms with E-state index in [4.69, 9.17) is 4.74 Å². The molecule has 1 atom stereocenters. The van der Waals surface area contributed by atoms with Crippen molar-refractivity contribution in [2.45, 2.75) is 31.6 Å². The molecule has 152 valence electrons. The molecule has 1 aromatic carbocycles. The SMILES string of the molecule is Cc1cc(C(=O)COC(=O)[C@@]23CCC(=O)N2CCS3)c(C)n1-c1ccccc1F. The number of fused-ring (bicyclic) bond motifs is 1. The molecule has 4 rings (SSSR count). The van der Waals surface area contributed by atoms with Gasteiger partial charge >= 0.3 is 5.97 Å². The van der Waals surface area contributed by atoms with Gasteiger partial charge in [0.05, 0.1) is 5.69 Å². The maximum Gasteiger partial charge on any atom is 0.343 e. The van der Waals surface area contributed by atoms with Crippen LogP contribution in [0.5, 0.6) is 0 Å². The van der Waals surface area contributed by atoms with Crippen LogP contribution < -0.4 is 0 Å². The van der Waals surface area contributed by atoms with E-state index in [-0.39, 0.29) is 17.5 Å². The zero-order chi connectivity index (χ0) is 20.8. The summed E-state index contributed by atoms with van der Waals surface area (Å²) < 4.78 is 21.2. The van der Waals surface area contributed by atoms with Gasteiger partial charge in [-0.1, -0.05) is 12.1 Å². The van der Waals surface area contributed by atoms with Crippen LogP contribution in [0.2, 0.25) is 0 Å². The largest absolute Gasteiger partial charge is 0.455 e. The summed E-state index contributed by atoms with van der Waals surface area (Å²) >= 11 is 1.40. The van der Waals surface area contributed by atoms with Crippen LogP contribution in [0, 0.1) is 19.7 Å². The average Bonchev–Trinajstić information content (AvgIpc) is 3.35. The maximum absolute atomic E-state index is 14.2. The molecule has 2 aliphatic heterocycles. The fourth-order valence-corrected chi connectivity index (χ4v) is 5.53. The van der Waals surface area contributed by atoms with Crippen LogP contribution >= 0.6 is 11.8 Å². The standard InChI is InChI=1S/C21H21FN2O4S/c1-13-11-15(14(2)24(13)17-6-4-3-5-16(17)22)18(25)12-28-20(27)21-8-7-19(26)23(21)9-10-29-21/h3-6,11H,7-10,12H2,1-2H3/t21-/m0/s1. The molecule has 0 aliphatic carbocycles. The number of para-hydroxylation sites is 1. The fourth-order valence-electron chi connectivity index (χ4n) is 4.15. The topological polar surface area (TPSA) is 68.6 Å². The normalized spacial score (nSPS) is 20.8. The number of carbonyl (C=O) groups is 3. The number of nitrogens with zero attached hydrogens (tertiary/aromatic N) is 2. The number of carbonyl (C=O) groups excluding carboxylic acids is 3. The number of rotatable bonds is 5.